The third kappa shape index (κ3) is 3.71. The van der Waals surface area contributed by atoms with E-state index in [0.717, 1.165) is 25.9 Å². The van der Waals surface area contributed by atoms with E-state index < -0.39 is 10.0 Å². The average molecular weight is 297 g/mol. The molecule has 0 unspecified atom stereocenters. The van der Waals surface area contributed by atoms with E-state index in [1.54, 1.807) is 25.1 Å². The van der Waals surface area contributed by atoms with Gasteiger partial charge in [0.05, 0.1) is 4.90 Å². The molecule has 0 saturated carbocycles. The molecule has 0 spiro atoms. The van der Waals surface area contributed by atoms with Crippen molar-refractivity contribution in [3.05, 3.63) is 23.8 Å². The first-order valence-electron chi connectivity index (χ1n) is 6.93. The van der Waals surface area contributed by atoms with Gasteiger partial charge in [-0.15, -0.1) is 0 Å². The van der Waals surface area contributed by atoms with Gasteiger partial charge in [0.25, 0.3) is 0 Å². The van der Waals surface area contributed by atoms with Crippen LogP contribution in [-0.4, -0.2) is 40.0 Å². The topological polar surface area (TPSA) is 75.4 Å². The summed E-state index contributed by atoms with van der Waals surface area (Å²) in [6.07, 6.45) is 2.08. The molecule has 0 aromatic heterocycles. The predicted octanol–water partition coefficient (Wildman–Crippen LogP) is 1.20. The quantitative estimate of drug-likeness (QED) is 0.819. The van der Waals surface area contributed by atoms with E-state index in [2.05, 4.69) is 16.7 Å². The number of benzene rings is 1. The van der Waals surface area contributed by atoms with Crippen molar-refractivity contribution in [1.29, 1.82) is 0 Å². The summed E-state index contributed by atoms with van der Waals surface area (Å²) < 4.78 is 27.4. The van der Waals surface area contributed by atoms with Crippen LogP contribution in [0.15, 0.2) is 23.1 Å². The number of aryl methyl sites for hydroxylation is 1. The Bertz CT molecular complexity index is 564. The normalized spacial score (nSPS) is 18.3. The lowest BCUT2D eigenvalue weighted by Gasteiger charge is -2.28. The number of nitrogen functional groups attached to an aromatic ring is 1. The Kier molecular flexibility index (Phi) is 4.67. The minimum absolute atomic E-state index is 0.319. The molecule has 0 amide bonds. The Labute approximate surface area is 121 Å². The van der Waals surface area contributed by atoms with Crippen LogP contribution in [-0.2, 0) is 10.0 Å². The standard InChI is InChI=1S/C14H23N3O2S/c1-11-9-13(15)3-4-14(11)20(18,19)16-10-12-5-7-17(2)8-6-12/h3-4,9,12,16H,5-8,10,15H2,1-2H3. The van der Waals surface area contributed by atoms with Crippen LogP contribution in [0, 0.1) is 12.8 Å². The lowest BCUT2D eigenvalue weighted by atomic mass is 9.98. The third-order valence-electron chi connectivity index (χ3n) is 3.89. The number of nitrogens with two attached hydrogens (primary N) is 1. The molecule has 1 saturated heterocycles. The lowest BCUT2D eigenvalue weighted by molar-refractivity contribution is 0.220. The maximum atomic E-state index is 12.3. The molecule has 1 heterocycles. The Hall–Kier alpha value is -1.11. The lowest BCUT2D eigenvalue weighted by Crippen LogP contribution is -2.37. The second kappa shape index (κ2) is 6.11. The molecular weight excluding hydrogens is 274 g/mol. The smallest absolute Gasteiger partial charge is 0.240 e. The highest BCUT2D eigenvalue weighted by Gasteiger charge is 2.21. The molecule has 20 heavy (non-hydrogen) atoms. The van der Waals surface area contributed by atoms with Gasteiger partial charge in [-0.3, -0.25) is 0 Å². The number of anilines is 1. The summed E-state index contributed by atoms with van der Waals surface area (Å²) in [6, 6.07) is 4.88. The Morgan fingerprint density at radius 2 is 2.00 bits per heavy atom. The van der Waals surface area contributed by atoms with Crippen LogP contribution in [0.3, 0.4) is 0 Å². The highest BCUT2D eigenvalue weighted by Crippen LogP contribution is 2.19. The summed E-state index contributed by atoms with van der Waals surface area (Å²) in [7, 11) is -1.34. The van der Waals surface area contributed by atoms with Crippen molar-refractivity contribution in [2.75, 3.05) is 32.4 Å². The third-order valence-corrected chi connectivity index (χ3v) is 5.47. The van der Waals surface area contributed by atoms with E-state index in [4.69, 9.17) is 5.73 Å². The van der Waals surface area contributed by atoms with Crippen molar-refractivity contribution < 1.29 is 8.42 Å². The number of sulfonamides is 1. The molecular formula is C14H23N3O2S. The fourth-order valence-electron chi connectivity index (χ4n) is 2.55. The summed E-state index contributed by atoms with van der Waals surface area (Å²) in [5, 5.41) is 0. The molecule has 6 heteroatoms. The number of hydrogen-bond acceptors (Lipinski definition) is 4. The van der Waals surface area contributed by atoms with Gasteiger partial charge in [-0.25, -0.2) is 13.1 Å². The van der Waals surface area contributed by atoms with Gasteiger partial charge in [0.1, 0.15) is 0 Å². The SMILES string of the molecule is Cc1cc(N)ccc1S(=O)(=O)NCC1CCN(C)CC1. The van der Waals surface area contributed by atoms with Crippen molar-refractivity contribution in [3.63, 3.8) is 0 Å². The zero-order valence-electron chi connectivity index (χ0n) is 12.1. The second-order valence-electron chi connectivity index (χ2n) is 5.62. The van der Waals surface area contributed by atoms with Crippen molar-refractivity contribution in [3.8, 4) is 0 Å². The highest BCUT2D eigenvalue weighted by molar-refractivity contribution is 7.89. The zero-order chi connectivity index (χ0) is 14.8. The van der Waals surface area contributed by atoms with Crippen LogP contribution in [0.1, 0.15) is 18.4 Å². The van der Waals surface area contributed by atoms with Gasteiger partial charge in [0, 0.05) is 12.2 Å². The summed E-state index contributed by atoms with van der Waals surface area (Å²) >= 11 is 0. The van der Waals surface area contributed by atoms with Gasteiger partial charge in [-0.05, 0) is 69.6 Å². The van der Waals surface area contributed by atoms with E-state index in [1.165, 1.54) is 0 Å². The minimum Gasteiger partial charge on any atom is -0.399 e. The van der Waals surface area contributed by atoms with Crippen LogP contribution in [0.4, 0.5) is 5.69 Å². The van der Waals surface area contributed by atoms with Gasteiger partial charge in [0.15, 0.2) is 0 Å². The first-order chi connectivity index (χ1) is 9.38. The summed E-state index contributed by atoms with van der Waals surface area (Å²) in [4.78, 5) is 2.59. The predicted molar refractivity (Wildman–Crippen MR) is 81.0 cm³/mol. The molecule has 1 aromatic rings. The van der Waals surface area contributed by atoms with Crippen LogP contribution >= 0.6 is 0 Å². The molecule has 1 aliphatic rings. The van der Waals surface area contributed by atoms with Crippen molar-refractivity contribution >= 4 is 15.7 Å². The Morgan fingerprint density at radius 3 is 2.60 bits per heavy atom. The first kappa shape index (κ1) is 15.3. The van der Waals surface area contributed by atoms with Crippen molar-refractivity contribution in [2.24, 2.45) is 5.92 Å². The molecule has 1 fully saturated rings. The number of nitrogens with zero attached hydrogens (tertiary/aromatic N) is 1. The van der Waals surface area contributed by atoms with Crippen LogP contribution in [0.5, 0.6) is 0 Å². The summed E-state index contributed by atoms with van der Waals surface area (Å²) in [5.74, 6) is 0.426. The molecule has 2 rings (SSSR count). The molecule has 1 aromatic carbocycles. The van der Waals surface area contributed by atoms with Gasteiger partial charge in [-0.1, -0.05) is 0 Å². The Balaban J connectivity index is 2.00. The molecule has 0 bridgehead atoms. The number of rotatable bonds is 4. The summed E-state index contributed by atoms with van der Waals surface area (Å²) in [6.45, 7) is 4.35. The van der Waals surface area contributed by atoms with Crippen LogP contribution < -0.4 is 10.5 Å². The minimum atomic E-state index is -3.44. The van der Waals surface area contributed by atoms with Crippen LogP contribution in [0.25, 0.3) is 0 Å². The summed E-state index contributed by atoms with van der Waals surface area (Å²) in [5.41, 5.74) is 6.92. The molecule has 0 atom stereocenters. The number of likely N-dealkylation sites (tertiary alicyclic amines) is 1. The van der Waals surface area contributed by atoms with E-state index in [0.29, 0.717) is 28.6 Å². The van der Waals surface area contributed by atoms with E-state index in [1.807, 2.05) is 0 Å². The van der Waals surface area contributed by atoms with E-state index in [9.17, 15) is 8.42 Å². The Morgan fingerprint density at radius 1 is 1.35 bits per heavy atom. The second-order valence-corrected chi connectivity index (χ2v) is 7.36. The molecule has 0 radical (unpaired) electrons. The molecule has 5 nitrogen and oxygen atoms in total. The zero-order valence-corrected chi connectivity index (χ0v) is 12.9. The molecule has 1 aliphatic heterocycles. The fourth-order valence-corrected chi connectivity index (χ4v) is 3.89. The maximum absolute atomic E-state index is 12.3. The van der Waals surface area contributed by atoms with Gasteiger partial charge in [0.2, 0.25) is 10.0 Å². The number of nitrogens with one attached hydrogen (secondary N) is 1. The fraction of sp³-hybridized carbons (Fsp3) is 0.571. The van der Waals surface area contributed by atoms with Crippen LogP contribution in [0.2, 0.25) is 0 Å². The first-order valence-corrected chi connectivity index (χ1v) is 8.41. The highest BCUT2D eigenvalue weighted by atomic mass is 32.2. The van der Waals surface area contributed by atoms with Gasteiger partial charge in [-0.2, -0.15) is 0 Å². The maximum Gasteiger partial charge on any atom is 0.240 e. The number of hydrogen-bond donors (Lipinski definition) is 2. The van der Waals surface area contributed by atoms with Crippen molar-refractivity contribution in [1.82, 2.24) is 9.62 Å². The van der Waals surface area contributed by atoms with Crippen molar-refractivity contribution in [2.45, 2.75) is 24.7 Å². The molecule has 112 valence electrons. The molecule has 3 N–H and O–H groups in total. The number of piperidine rings is 1. The largest absolute Gasteiger partial charge is 0.399 e. The van der Waals surface area contributed by atoms with E-state index >= 15 is 0 Å². The van der Waals surface area contributed by atoms with Gasteiger partial charge >= 0.3 is 0 Å². The average Bonchev–Trinajstić information content (AvgIpc) is 2.37. The molecule has 0 aliphatic carbocycles. The monoisotopic (exact) mass is 297 g/mol. The van der Waals surface area contributed by atoms with Gasteiger partial charge < -0.3 is 10.6 Å². The van der Waals surface area contributed by atoms with E-state index in [-0.39, 0.29) is 0 Å².